The Morgan fingerprint density at radius 1 is 1.00 bits per heavy atom. The third-order valence-electron chi connectivity index (χ3n) is 2.34. The first-order valence-electron chi connectivity index (χ1n) is 6.09. The standard InChI is InChI=1S/C13H28O2/c1-11(2)7-9-15-13(5,6)8-10-14-12(3)4/h11-12H,7-10H2,1-6H3. The van der Waals surface area contributed by atoms with Gasteiger partial charge in [-0.1, -0.05) is 13.8 Å². The summed E-state index contributed by atoms with van der Waals surface area (Å²) in [6.45, 7) is 14.5. The van der Waals surface area contributed by atoms with Gasteiger partial charge in [0.05, 0.1) is 11.7 Å². The molecule has 0 radical (unpaired) electrons. The van der Waals surface area contributed by atoms with E-state index in [4.69, 9.17) is 9.47 Å². The van der Waals surface area contributed by atoms with Gasteiger partial charge in [0.25, 0.3) is 0 Å². The lowest BCUT2D eigenvalue weighted by atomic mass is 10.1. The van der Waals surface area contributed by atoms with Crippen LogP contribution < -0.4 is 0 Å². The Bertz CT molecular complexity index is 135. The third kappa shape index (κ3) is 10.2. The van der Waals surface area contributed by atoms with Gasteiger partial charge in [0, 0.05) is 13.2 Å². The SMILES string of the molecule is CC(C)CCOC(C)(C)CCOC(C)C. The topological polar surface area (TPSA) is 18.5 Å². The molecule has 2 nitrogen and oxygen atoms in total. The Morgan fingerprint density at radius 2 is 1.60 bits per heavy atom. The lowest BCUT2D eigenvalue weighted by Gasteiger charge is -2.26. The van der Waals surface area contributed by atoms with E-state index in [9.17, 15) is 0 Å². The summed E-state index contributed by atoms with van der Waals surface area (Å²) in [5.41, 5.74) is -0.0518. The minimum absolute atomic E-state index is 0.0518. The lowest BCUT2D eigenvalue weighted by molar-refractivity contribution is -0.0502. The van der Waals surface area contributed by atoms with E-state index in [2.05, 4.69) is 41.5 Å². The van der Waals surface area contributed by atoms with Gasteiger partial charge in [0.15, 0.2) is 0 Å². The molecular formula is C13H28O2. The summed E-state index contributed by atoms with van der Waals surface area (Å²) in [7, 11) is 0. The summed E-state index contributed by atoms with van der Waals surface area (Å²) < 4.78 is 11.4. The summed E-state index contributed by atoms with van der Waals surface area (Å²) in [4.78, 5) is 0. The average Bonchev–Trinajstić information content (AvgIpc) is 2.01. The average molecular weight is 216 g/mol. The highest BCUT2D eigenvalue weighted by Gasteiger charge is 2.18. The van der Waals surface area contributed by atoms with Crippen LogP contribution in [0.15, 0.2) is 0 Å². The molecule has 0 saturated carbocycles. The second-order valence-electron chi connectivity index (χ2n) is 5.46. The van der Waals surface area contributed by atoms with E-state index in [0.717, 1.165) is 26.1 Å². The molecule has 0 fully saturated rings. The van der Waals surface area contributed by atoms with E-state index in [1.54, 1.807) is 0 Å². The molecule has 0 aromatic heterocycles. The van der Waals surface area contributed by atoms with Crippen molar-refractivity contribution in [3.63, 3.8) is 0 Å². The molecule has 0 heterocycles. The molecule has 0 aliphatic carbocycles. The molecule has 0 unspecified atom stereocenters. The van der Waals surface area contributed by atoms with Crippen LogP contribution in [0.2, 0.25) is 0 Å². The zero-order chi connectivity index (χ0) is 11.9. The molecule has 0 aliphatic heterocycles. The predicted octanol–water partition coefficient (Wildman–Crippen LogP) is 3.64. The molecule has 2 heteroatoms. The van der Waals surface area contributed by atoms with Gasteiger partial charge in [-0.05, 0) is 46.5 Å². The Labute approximate surface area is 95.3 Å². The van der Waals surface area contributed by atoms with Crippen LogP contribution in [0.1, 0.15) is 54.4 Å². The van der Waals surface area contributed by atoms with Crippen LogP contribution in [-0.2, 0) is 9.47 Å². The largest absolute Gasteiger partial charge is 0.379 e. The fraction of sp³-hybridized carbons (Fsp3) is 1.00. The molecule has 0 aromatic carbocycles. The molecule has 0 aromatic rings. The van der Waals surface area contributed by atoms with Crippen molar-refractivity contribution >= 4 is 0 Å². The predicted molar refractivity (Wildman–Crippen MR) is 65.2 cm³/mol. The fourth-order valence-electron chi connectivity index (χ4n) is 1.18. The summed E-state index contributed by atoms with van der Waals surface area (Å²) in [5.74, 6) is 0.715. The first-order valence-corrected chi connectivity index (χ1v) is 6.09. The smallest absolute Gasteiger partial charge is 0.0648 e. The summed E-state index contributed by atoms with van der Waals surface area (Å²) in [6.07, 6.45) is 2.41. The van der Waals surface area contributed by atoms with Crippen molar-refractivity contribution in [1.29, 1.82) is 0 Å². The molecule has 0 spiro atoms. The Hall–Kier alpha value is -0.0800. The maximum Gasteiger partial charge on any atom is 0.0648 e. The van der Waals surface area contributed by atoms with Gasteiger partial charge in [0.1, 0.15) is 0 Å². The molecule has 0 rings (SSSR count). The van der Waals surface area contributed by atoms with E-state index in [0.29, 0.717) is 12.0 Å². The second kappa shape index (κ2) is 7.24. The first-order chi connectivity index (χ1) is 6.83. The van der Waals surface area contributed by atoms with Gasteiger partial charge >= 0.3 is 0 Å². The van der Waals surface area contributed by atoms with Crippen molar-refractivity contribution in [3.8, 4) is 0 Å². The van der Waals surface area contributed by atoms with Crippen LogP contribution >= 0.6 is 0 Å². The van der Waals surface area contributed by atoms with Crippen LogP contribution in [0, 0.1) is 5.92 Å². The van der Waals surface area contributed by atoms with Crippen molar-refractivity contribution in [2.75, 3.05) is 13.2 Å². The highest BCUT2D eigenvalue weighted by Crippen LogP contribution is 2.16. The molecule has 0 amide bonds. The highest BCUT2D eigenvalue weighted by molar-refractivity contribution is 4.68. The molecule has 0 N–H and O–H groups in total. The zero-order valence-corrected chi connectivity index (χ0v) is 11.3. The van der Waals surface area contributed by atoms with Gasteiger partial charge in [0.2, 0.25) is 0 Å². The van der Waals surface area contributed by atoms with Gasteiger partial charge in [-0.25, -0.2) is 0 Å². The number of rotatable bonds is 8. The second-order valence-corrected chi connectivity index (χ2v) is 5.46. The molecule has 0 bridgehead atoms. The molecule has 15 heavy (non-hydrogen) atoms. The van der Waals surface area contributed by atoms with Crippen LogP contribution in [-0.4, -0.2) is 24.9 Å². The lowest BCUT2D eigenvalue weighted by Crippen LogP contribution is -2.27. The van der Waals surface area contributed by atoms with Crippen LogP contribution in [0.25, 0.3) is 0 Å². The van der Waals surface area contributed by atoms with Crippen molar-refractivity contribution in [2.24, 2.45) is 5.92 Å². The minimum atomic E-state index is -0.0518. The van der Waals surface area contributed by atoms with Gasteiger partial charge in [-0.2, -0.15) is 0 Å². The van der Waals surface area contributed by atoms with E-state index in [1.807, 2.05) is 0 Å². The van der Waals surface area contributed by atoms with E-state index < -0.39 is 0 Å². The van der Waals surface area contributed by atoms with Crippen LogP contribution in [0.3, 0.4) is 0 Å². The summed E-state index contributed by atoms with van der Waals surface area (Å²) >= 11 is 0. The molecule has 92 valence electrons. The molecule has 0 atom stereocenters. The third-order valence-corrected chi connectivity index (χ3v) is 2.34. The van der Waals surface area contributed by atoms with Crippen molar-refractivity contribution in [3.05, 3.63) is 0 Å². The van der Waals surface area contributed by atoms with Crippen LogP contribution in [0.5, 0.6) is 0 Å². The normalized spacial score (nSPS) is 12.8. The first kappa shape index (κ1) is 14.9. The van der Waals surface area contributed by atoms with Crippen molar-refractivity contribution in [1.82, 2.24) is 0 Å². The van der Waals surface area contributed by atoms with Gasteiger partial charge < -0.3 is 9.47 Å². The van der Waals surface area contributed by atoms with Crippen molar-refractivity contribution < 1.29 is 9.47 Å². The van der Waals surface area contributed by atoms with Crippen LogP contribution in [0.4, 0.5) is 0 Å². The fourth-order valence-corrected chi connectivity index (χ4v) is 1.18. The molecule has 0 saturated heterocycles. The monoisotopic (exact) mass is 216 g/mol. The van der Waals surface area contributed by atoms with E-state index in [-0.39, 0.29) is 5.60 Å². The van der Waals surface area contributed by atoms with Gasteiger partial charge in [-0.15, -0.1) is 0 Å². The number of ether oxygens (including phenoxy) is 2. The summed E-state index contributed by atoms with van der Waals surface area (Å²) in [6, 6.07) is 0. The Kier molecular flexibility index (Phi) is 7.20. The maximum absolute atomic E-state index is 5.84. The molecule has 0 aliphatic rings. The van der Waals surface area contributed by atoms with E-state index >= 15 is 0 Å². The highest BCUT2D eigenvalue weighted by atomic mass is 16.5. The quantitative estimate of drug-likeness (QED) is 0.616. The number of hydrogen-bond donors (Lipinski definition) is 0. The van der Waals surface area contributed by atoms with Crippen molar-refractivity contribution in [2.45, 2.75) is 66.1 Å². The summed E-state index contributed by atoms with van der Waals surface area (Å²) in [5, 5.41) is 0. The zero-order valence-electron chi connectivity index (χ0n) is 11.3. The molecular weight excluding hydrogens is 188 g/mol. The maximum atomic E-state index is 5.84. The Morgan fingerprint density at radius 3 is 2.07 bits per heavy atom. The number of hydrogen-bond acceptors (Lipinski definition) is 2. The minimum Gasteiger partial charge on any atom is -0.379 e. The van der Waals surface area contributed by atoms with E-state index in [1.165, 1.54) is 0 Å². The van der Waals surface area contributed by atoms with Gasteiger partial charge in [-0.3, -0.25) is 0 Å². The Balaban J connectivity index is 3.57.